The number of hydrogen-bond donors (Lipinski definition) is 1. The molecule has 5 nitrogen and oxygen atoms in total. The van der Waals surface area contributed by atoms with Crippen LogP contribution in [0, 0.1) is 0 Å². The fourth-order valence-corrected chi connectivity index (χ4v) is 1.97. The molecule has 1 N–H and O–H groups in total. The highest BCUT2D eigenvalue weighted by Gasteiger charge is 2.10. The molecule has 0 atom stereocenters. The number of rotatable bonds is 7. The number of carbonyl (C=O) groups is 1. The topological polar surface area (TPSA) is 60.5 Å². The van der Waals surface area contributed by atoms with E-state index >= 15 is 0 Å². The smallest absolute Gasteiger partial charge is 0.224 e. The second-order valence-electron chi connectivity index (χ2n) is 4.75. The van der Waals surface area contributed by atoms with Gasteiger partial charge in [0.1, 0.15) is 0 Å². The molecule has 5 heteroatoms. The number of hydrogen-bond acceptors (Lipinski definition) is 4. The first-order valence-corrected chi connectivity index (χ1v) is 7.26. The lowest BCUT2D eigenvalue weighted by atomic mass is 10.2. The van der Waals surface area contributed by atoms with E-state index in [1.165, 1.54) is 0 Å². The van der Waals surface area contributed by atoms with Gasteiger partial charge >= 0.3 is 0 Å². The molecule has 0 aliphatic carbocycles. The number of nitrogens with one attached hydrogen (secondary N) is 1. The van der Waals surface area contributed by atoms with Crippen LogP contribution in [0.15, 0.2) is 42.6 Å². The number of para-hydroxylation sites is 2. The van der Waals surface area contributed by atoms with Crippen LogP contribution >= 0.6 is 0 Å². The Kier molecular flexibility index (Phi) is 5.77. The Hall–Kier alpha value is -2.56. The van der Waals surface area contributed by atoms with Crippen molar-refractivity contribution in [3.63, 3.8) is 0 Å². The van der Waals surface area contributed by atoms with Crippen LogP contribution in [-0.2, 0) is 11.3 Å². The van der Waals surface area contributed by atoms with Crippen LogP contribution in [0.3, 0.4) is 0 Å². The van der Waals surface area contributed by atoms with E-state index in [4.69, 9.17) is 9.47 Å². The van der Waals surface area contributed by atoms with Gasteiger partial charge in [0.25, 0.3) is 0 Å². The highest BCUT2D eigenvalue weighted by molar-refractivity contribution is 5.75. The van der Waals surface area contributed by atoms with Crippen molar-refractivity contribution in [2.45, 2.75) is 26.3 Å². The average Bonchev–Trinajstić information content (AvgIpc) is 2.55. The lowest BCUT2D eigenvalue weighted by molar-refractivity contribution is -0.121. The van der Waals surface area contributed by atoms with Gasteiger partial charge in [-0.1, -0.05) is 25.1 Å². The van der Waals surface area contributed by atoms with Gasteiger partial charge in [0.15, 0.2) is 11.5 Å². The van der Waals surface area contributed by atoms with Crippen molar-refractivity contribution >= 4 is 5.91 Å². The number of aromatic nitrogens is 1. The molecule has 1 aromatic carbocycles. The molecule has 116 valence electrons. The van der Waals surface area contributed by atoms with Gasteiger partial charge < -0.3 is 14.8 Å². The summed E-state index contributed by atoms with van der Waals surface area (Å²) < 4.78 is 11.1. The van der Waals surface area contributed by atoms with Crippen LogP contribution < -0.4 is 14.8 Å². The second kappa shape index (κ2) is 8.02. The highest BCUT2D eigenvalue weighted by atomic mass is 16.5. The van der Waals surface area contributed by atoms with Crippen molar-refractivity contribution in [2.75, 3.05) is 7.11 Å². The first-order valence-electron chi connectivity index (χ1n) is 7.26. The summed E-state index contributed by atoms with van der Waals surface area (Å²) >= 11 is 0. The van der Waals surface area contributed by atoms with E-state index in [9.17, 15) is 4.79 Å². The number of pyridine rings is 1. The summed E-state index contributed by atoms with van der Waals surface area (Å²) in [6, 6.07) is 11.1. The molecule has 0 fully saturated rings. The molecule has 0 aliphatic rings. The maximum absolute atomic E-state index is 11.6. The molecular formula is C17H20N2O3. The minimum atomic E-state index is 0.0228. The largest absolute Gasteiger partial charge is 0.493 e. The summed E-state index contributed by atoms with van der Waals surface area (Å²) in [6.45, 7) is 2.36. The predicted molar refractivity (Wildman–Crippen MR) is 84.1 cm³/mol. The minimum absolute atomic E-state index is 0.0228. The first kappa shape index (κ1) is 15.8. The van der Waals surface area contributed by atoms with Crippen LogP contribution in [0.4, 0.5) is 0 Å². The molecular weight excluding hydrogens is 280 g/mol. The SMILES string of the molecule is CCCC(=O)NCc1cccnc1Oc1ccccc1OC. The van der Waals surface area contributed by atoms with Crippen molar-refractivity contribution in [1.82, 2.24) is 10.3 Å². The van der Waals surface area contributed by atoms with Gasteiger partial charge in [-0.3, -0.25) is 4.79 Å². The number of nitrogens with zero attached hydrogens (tertiary/aromatic N) is 1. The molecule has 0 radical (unpaired) electrons. The molecule has 1 heterocycles. The van der Waals surface area contributed by atoms with Gasteiger partial charge in [0.2, 0.25) is 11.8 Å². The highest BCUT2D eigenvalue weighted by Crippen LogP contribution is 2.31. The lowest BCUT2D eigenvalue weighted by Gasteiger charge is -2.12. The van der Waals surface area contributed by atoms with E-state index < -0.39 is 0 Å². The predicted octanol–water partition coefficient (Wildman–Crippen LogP) is 3.30. The van der Waals surface area contributed by atoms with Gasteiger partial charge in [-0.2, -0.15) is 0 Å². The van der Waals surface area contributed by atoms with Crippen LogP contribution in [0.2, 0.25) is 0 Å². The Morgan fingerprint density at radius 3 is 2.68 bits per heavy atom. The number of carbonyl (C=O) groups excluding carboxylic acids is 1. The Labute approximate surface area is 130 Å². The molecule has 1 aromatic heterocycles. The van der Waals surface area contributed by atoms with Crippen LogP contribution in [0.1, 0.15) is 25.3 Å². The van der Waals surface area contributed by atoms with Gasteiger partial charge in [0, 0.05) is 24.7 Å². The summed E-state index contributed by atoms with van der Waals surface area (Å²) in [6.07, 6.45) is 2.99. The van der Waals surface area contributed by atoms with Crippen molar-refractivity contribution in [3.8, 4) is 17.4 Å². The molecule has 2 rings (SSSR count). The van der Waals surface area contributed by atoms with Crippen LogP contribution in [0.25, 0.3) is 0 Å². The Bertz CT molecular complexity index is 629. The third kappa shape index (κ3) is 4.22. The quantitative estimate of drug-likeness (QED) is 0.852. The molecule has 0 spiro atoms. The first-order chi connectivity index (χ1) is 10.7. The van der Waals surface area contributed by atoms with Gasteiger partial charge in [-0.25, -0.2) is 4.98 Å². The van der Waals surface area contributed by atoms with Crippen molar-refractivity contribution in [1.29, 1.82) is 0 Å². The third-order valence-corrected chi connectivity index (χ3v) is 3.08. The molecule has 1 amide bonds. The lowest BCUT2D eigenvalue weighted by Crippen LogP contribution is -2.22. The summed E-state index contributed by atoms with van der Waals surface area (Å²) in [5.74, 6) is 1.71. The standard InChI is InChI=1S/C17H20N2O3/c1-3-7-16(20)19-12-13-8-6-11-18-17(13)22-15-10-5-4-9-14(15)21-2/h4-6,8-11H,3,7,12H2,1-2H3,(H,19,20). The zero-order chi connectivity index (χ0) is 15.8. The summed E-state index contributed by atoms with van der Waals surface area (Å²) in [7, 11) is 1.59. The zero-order valence-corrected chi connectivity index (χ0v) is 12.8. The van der Waals surface area contributed by atoms with E-state index in [0.717, 1.165) is 12.0 Å². The summed E-state index contributed by atoms with van der Waals surface area (Å²) in [5.41, 5.74) is 0.817. The van der Waals surface area contributed by atoms with Gasteiger partial charge in [-0.15, -0.1) is 0 Å². The molecule has 2 aromatic rings. The number of methoxy groups -OCH3 is 1. The van der Waals surface area contributed by atoms with Crippen molar-refractivity contribution in [2.24, 2.45) is 0 Å². The molecule has 0 unspecified atom stereocenters. The number of amides is 1. The van der Waals surface area contributed by atoms with E-state index in [1.54, 1.807) is 13.3 Å². The van der Waals surface area contributed by atoms with E-state index in [1.807, 2.05) is 43.3 Å². The molecule has 0 saturated heterocycles. The fourth-order valence-electron chi connectivity index (χ4n) is 1.97. The minimum Gasteiger partial charge on any atom is -0.493 e. The monoisotopic (exact) mass is 300 g/mol. The average molecular weight is 300 g/mol. The molecule has 22 heavy (non-hydrogen) atoms. The van der Waals surface area contributed by atoms with Crippen molar-refractivity contribution in [3.05, 3.63) is 48.2 Å². The maximum atomic E-state index is 11.6. The van der Waals surface area contributed by atoms with Crippen LogP contribution in [-0.4, -0.2) is 18.0 Å². The Morgan fingerprint density at radius 2 is 1.95 bits per heavy atom. The fraction of sp³-hybridized carbons (Fsp3) is 0.294. The van der Waals surface area contributed by atoms with Crippen molar-refractivity contribution < 1.29 is 14.3 Å². The zero-order valence-electron chi connectivity index (χ0n) is 12.8. The number of ether oxygens (including phenoxy) is 2. The third-order valence-electron chi connectivity index (χ3n) is 3.08. The van der Waals surface area contributed by atoms with Gasteiger partial charge in [0.05, 0.1) is 7.11 Å². The Morgan fingerprint density at radius 1 is 1.18 bits per heavy atom. The van der Waals surface area contributed by atoms with Gasteiger partial charge in [-0.05, 0) is 24.6 Å². The number of benzene rings is 1. The molecule has 0 saturated carbocycles. The summed E-state index contributed by atoms with van der Waals surface area (Å²) in [4.78, 5) is 15.8. The molecule has 0 bridgehead atoms. The van der Waals surface area contributed by atoms with E-state index in [0.29, 0.717) is 30.3 Å². The Balaban J connectivity index is 2.12. The molecule has 0 aliphatic heterocycles. The normalized spacial score (nSPS) is 10.1. The van der Waals surface area contributed by atoms with Crippen LogP contribution in [0.5, 0.6) is 17.4 Å². The van der Waals surface area contributed by atoms with E-state index in [-0.39, 0.29) is 5.91 Å². The van der Waals surface area contributed by atoms with E-state index in [2.05, 4.69) is 10.3 Å². The summed E-state index contributed by atoms with van der Waals surface area (Å²) in [5, 5.41) is 2.86. The second-order valence-corrected chi connectivity index (χ2v) is 4.75. The maximum Gasteiger partial charge on any atom is 0.224 e.